The molecular formula is C16H25ClN4. The first kappa shape index (κ1) is 15.0. The fourth-order valence-corrected chi connectivity index (χ4v) is 3.16. The minimum absolute atomic E-state index is 0.545. The van der Waals surface area contributed by atoms with Crippen molar-refractivity contribution in [2.45, 2.75) is 39.5 Å². The molecule has 1 aliphatic carbocycles. The number of hydrogen-bond acceptors (Lipinski definition) is 4. The second-order valence-electron chi connectivity index (χ2n) is 6.78. The lowest BCUT2D eigenvalue weighted by Crippen LogP contribution is -2.48. The van der Waals surface area contributed by atoms with Gasteiger partial charge in [-0.3, -0.25) is 4.90 Å². The van der Waals surface area contributed by atoms with Crippen LogP contribution >= 0.6 is 11.6 Å². The molecule has 21 heavy (non-hydrogen) atoms. The molecule has 1 saturated carbocycles. The summed E-state index contributed by atoms with van der Waals surface area (Å²) in [5, 5.41) is 0.631. The highest BCUT2D eigenvalue weighted by Crippen LogP contribution is 2.40. The predicted molar refractivity (Wildman–Crippen MR) is 87.2 cm³/mol. The van der Waals surface area contributed by atoms with Gasteiger partial charge in [0.05, 0.1) is 0 Å². The van der Waals surface area contributed by atoms with Crippen LogP contribution in [0.15, 0.2) is 0 Å². The average molecular weight is 309 g/mol. The Bertz CT molecular complexity index is 505. The summed E-state index contributed by atoms with van der Waals surface area (Å²) in [6, 6.07) is 0. The Kier molecular flexibility index (Phi) is 4.36. The molecule has 1 aromatic rings. The summed E-state index contributed by atoms with van der Waals surface area (Å²) < 4.78 is 0. The molecule has 2 heterocycles. The van der Waals surface area contributed by atoms with Crippen LogP contribution in [0.25, 0.3) is 0 Å². The molecule has 116 valence electrons. The first-order valence-corrected chi connectivity index (χ1v) is 8.43. The van der Waals surface area contributed by atoms with E-state index in [-0.39, 0.29) is 0 Å². The summed E-state index contributed by atoms with van der Waals surface area (Å²) in [7, 11) is 0. The van der Waals surface area contributed by atoms with E-state index in [1.54, 1.807) is 0 Å². The molecular weight excluding hydrogens is 284 g/mol. The molecule has 0 amide bonds. The van der Waals surface area contributed by atoms with Gasteiger partial charge in [-0.25, -0.2) is 9.97 Å². The lowest BCUT2D eigenvalue weighted by molar-refractivity contribution is 0.231. The van der Waals surface area contributed by atoms with Gasteiger partial charge < -0.3 is 4.90 Å². The van der Waals surface area contributed by atoms with Crippen LogP contribution < -0.4 is 4.90 Å². The maximum Gasteiger partial charge on any atom is 0.137 e. The van der Waals surface area contributed by atoms with E-state index in [4.69, 9.17) is 16.6 Å². The highest BCUT2D eigenvalue weighted by molar-refractivity contribution is 6.30. The molecule has 2 aliphatic rings. The second kappa shape index (κ2) is 6.09. The number of halogens is 1. The molecule has 0 N–H and O–H groups in total. The zero-order valence-corrected chi connectivity index (χ0v) is 14.0. The largest absolute Gasteiger partial charge is 0.354 e. The number of hydrogen-bond donors (Lipinski definition) is 0. The van der Waals surface area contributed by atoms with Crippen LogP contribution in [0.5, 0.6) is 0 Å². The van der Waals surface area contributed by atoms with Gasteiger partial charge in [-0.2, -0.15) is 0 Å². The number of nitrogens with zero attached hydrogens (tertiary/aromatic N) is 4. The van der Waals surface area contributed by atoms with Crippen LogP contribution in [-0.4, -0.2) is 47.6 Å². The van der Waals surface area contributed by atoms with Crippen molar-refractivity contribution < 1.29 is 0 Å². The highest BCUT2D eigenvalue weighted by Gasteiger charge is 2.29. The van der Waals surface area contributed by atoms with Crippen molar-refractivity contribution in [3.63, 3.8) is 0 Å². The van der Waals surface area contributed by atoms with Crippen molar-refractivity contribution in [3.05, 3.63) is 16.5 Å². The number of anilines is 1. The molecule has 1 aromatic heterocycles. The molecule has 0 aromatic carbocycles. The van der Waals surface area contributed by atoms with Crippen molar-refractivity contribution in [1.29, 1.82) is 0 Å². The molecule has 1 saturated heterocycles. The molecule has 5 heteroatoms. The molecule has 1 aliphatic heterocycles. The third kappa shape index (κ3) is 3.49. The number of piperazine rings is 1. The average Bonchev–Trinajstić information content (AvgIpc) is 3.26. The summed E-state index contributed by atoms with van der Waals surface area (Å²) in [6.45, 7) is 12.1. The van der Waals surface area contributed by atoms with Gasteiger partial charge in [0.25, 0.3) is 0 Å². The third-order valence-corrected chi connectivity index (χ3v) is 4.68. The highest BCUT2D eigenvalue weighted by atomic mass is 35.5. The van der Waals surface area contributed by atoms with Gasteiger partial charge in [0.1, 0.15) is 16.8 Å². The third-order valence-electron chi connectivity index (χ3n) is 4.32. The quantitative estimate of drug-likeness (QED) is 0.800. The van der Waals surface area contributed by atoms with Crippen molar-refractivity contribution in [2.75, 3.05) is 37.6 Å². The second-order valence-corrected chi connectivity index (χ2v) is 7.14. The fraction of sp³-hybridized carbons (Fsp3) is 0.750. The van der Waals surface area contributed by atoms with Crippen LogP contribution in [0.2, 0.25) is 5.15 Å². The van der Waals surface area contributed by atoms with Crippen LogP contribution in [-0.2, 0) is 0 Å². The minimum Gasteiger partial charge on any atom is -0.354 e. The molecule has 4 nitrogen and oxygen atoms in total. The van der Waals surface area contributed by atoms with Gasteiger partial charge in [-0.1, -0.05) is 25.4 Å². The Hall–Kier alpha value is -0.870. The molecule has 2 fully saturated rings. The molecule has 0 radical (unpaired) electrons. The zero-order chi connectivity index (χ0) is 15.0. The van der Waals surface area contributed by atoms with Crippen molar-refractivity contribution in [3.8, 4) is 0 Å². The monoisotopic (exact) mass is 308 g/mol. The Morgan fingerprint density at radius 1 is 1.14 bits per heavy atom. The van der Waals surface area contributed by atoms with Gasteiger partial charge in [0.15, 0.2) is 0 Å². The van der Waals surface area contributed by atoms with E-state index >= 15 is 0 Å². The standard InChI is InChI=1S/C16H25ClN4/c1-11(2)10-20-6-8-21(9-7-20)16-12(3)14(17)18-15(19-16)13-4-5-13/h11,13H,4-10H2,1-3H3. The van der Waals surface area contributed by atoms with E-state index in [1.165, 1.54) is 19.4 Å². The summed E-state index contributed by atoms with van der Waals surface area (Å²) in [4.78, 5) is 14.2. The summed E-state index contributed by atoms with van der Waals surface area (Å²) in [6.07, 6.45) is 2.42. The van der Waals surface area contributed by atoms with E-state index in [1.807, 2.05) is 6.92 Å². The van der Waals surface area contributed by atoms with Crippen molar-refractivity contribution in [2.24, 2.45) is 5.92 Å². The molecule has 0 spiro atoms. The smallest absolute Gasteiger partial charge is 0.137 e. The van der Waals surface area contributed by atoms with Crippen LogP contribution in [0.1, 0.15) is 44.0 Å². The van der Waals surface area contributed by atoms with Gasteiger partial charge in [-0.15, -0.1) is 0 Å². The van der Waals surface area contributed by atoms with E-state index < -0.39 is 0 Å². The molecule has 3 rings (SSSR count). The maximum absolute atomic E-state index is 6.32. The SMILES string of the molecule is Cc1c(Cl)nc(C2CC2)nc1N1CCN(CC(C)C)CC1. The topological polar surface area (TPSA) is 32.3 Å². The lowest BCUT2D eigenvalue weighted by Gasteiger charge is -2.36. The van der Waals surface area contributed by atoms with Crippen molar-refractivity contribution in [1.82, 2.24) is 14.9 Å². The lowest BCUT2D eigenvalue weighted by atomic mass is 10.2. The summed E-state index contributed by atoms with van der Waals surface area (Å²) >= 11 is 6.32. The van der Waals surface area contributed by atoms with E-state index in [9.17, 15) is 0 Å². The normalized spacial score (nSPS) is 20.3. The first-order valence-electron chi connectivity index (χ1n) is 8.06. The van der Waals surface area contributed by atoms with Gasteiger partial charge >= 0.3 is 0 Å². The van der Waals surface area contributed by atoms with Crippen molar-refractivity contribution >= 4 is 17.4 Å². The Morgan fingerprint density at radius 3 is 2.38 bits per heavy atom. The van der Waals surface area contributed by atoms with E-state index in [2.05, 4.69) is 28.6 Å². The van der Waals surface area contributed by atoms with Crippen LogP contribution in [0.4, 0.5) is 5.82 Å². The fourth-order valence-electron chi connectivity index (χ4n) is 2.98. The van der Waals surface area contributed by atoms with Gasteiger partial charge in [0.2, 0.25) is 0 Å². The Balaban J connectivity index is 1.72. The molecule has 0 bridgehead atoms. The maximum atomic E-state index is 6.32. The Morgan fingerprint density at radius 2 is 1.81 bits per heavy atom. The minimum atomic E-state index is 0.545. The summed E-state index contributed by atoms with van der Waals surface area (Å²) in [5.41, 5.74) is 1.03. The summed E-state index contributed by atoms with van der Waals surface area (Å²) in [5.74, 6) is 3.28. The van der Waals surface area contributed by atoms with E-state index in [0.29, 0.717) is 11.1 Å². The predicted octanol–water partition coefficient (Wildman–Crippen LogP) is 3.09. The molecule has 0 unspecified atom stereocenters. The van der Waals surface area contributed by atoms with E-state index in [0.717, 1.165) is 49.3 Å². The number of aromatic nitrogens is 2. The van der Waals surface area contributed by atoms with Crippen LogP contribution in [0.3, 0.4) is 0 Å². The zero-order valence-electron chi connectivity index (χ0n) is 13.3. The first-order chi connectivity index (χ1) is 10.0. The van der Waals surface area contributed by atoms with Gasteiger partial charge in [-0.05, 0) is 25.7 Å². The Labute approximate surface area is 132 Å². The number of rotatable bonds is 4. The molecule has 0 atom stereocenters. The van der Waals surface area contributed by atoms with Crippen LogP contribution in [0, 0.1) is 12.8 Å². The van der Waals surface area contributed by atoms with Gasteiger partial charge in [0, 0.05) is 44.2 Å².